The average molecular weight is 218 g/mol. The lowest BCUT2D eigenvalue weighted by atomic mass is 9.87. The van der Waals surface area contributed by atoms with Gasteiger partial charge in [0.1, 0.15) is 11.4 Å². The lowest BCUT2D eigenvalue weighted by Crippen LogP contribution is -2.28. The number of hydrogen-bond acceptors (Lipinski definition) is 2. The van der Waals surface area contributed by atoms with Gasteiger partial charge in [0.25, 0.3) is 0 Å². The smallest absolute Gasteiger partial charge is 0.146 e. The van der Waals surface area contributed by atoms with Crippen molar-refractivity contribution in [2.24, 2.45) is 0 Å². The first-order valence-electron chi connectivity index (χ1n) is 5.88. The summed E-state index contributed by atoms with van der Waals surface area (Å²) in [5.41, 5.74) is -0.0167. The second-order valence-electron chi connectivity index (χ2n) is 4.18. The molecule has 0 spiro atoms. The second-order valence-corrected chi connectivity index (χ2v) is 4.18. The van der Waals surface area contributed by atoms with E-state index in [0.717, 1.165) is 24.2 Å². The van der Waals surface area contributed by atoms with Crippen LogP contribution in [-0.2, 0) is 10.3 Å². The number of rotatable bonds is 4. The Bertz CT molecular complexity index is 370. The molecule has 0 saturated carbocycles. The lowest BCUT2D eigenvalue weighted by Gasteiger charge is -2.29. The normalized spacial score (nSPS) is 18.8. The molecule has 2 heteroatoms. The third kappa shape index (κ3) is 1.98. The van der Waals surface area contributed by atoms with Gasteiger partial charge in [0.05, 0.1) is 6.61 Å². The second kappa shape index (κ2) is 4.71. The van der Waals surface area contributed by atoms with Crippen LogP contribution in [0.25, 0.3) is 0 Å². The summed E-state index contributed by atoms with van der Waals surface area (Å²) in [5.74, 6) is 0.723. The standard InChI is InChI=1S/C14H18O2/c1-2-10-14(15,13-9-6-11-16-13)12-7-4-3-5-8-12/h3-5,7-9,15H,2,6,10-11H2,1H3. The monoisotopic (exact) mass is 218 g/mol. The van der Waals surface area contributed by atoms with Crippen molar-refractivity contribution in [3.63, 3.8) is 0 Å². The largest absolute Gasteiger partial charge is 0.494 e. The molecule has 86 valence electrons. The molecule has 1 unspecified atom stereocenters. The lowest BCUT2D eigenvalue weighted by molar-refractivity contribution is 0.00768. The fraction of sp³-hybridized carbons (Fsp3) is 0.429. The van der Waals surface area contributed by atoms with E-state index in [1.165, 1.54) is 0 Å². The zero-order valence-corrected chi connectivity index (χ0v) is 9.65. The highest BCUT2D eigenvalue weighted by Crippen LogP contribution is 2.36. The first-order valence-corrected chi connectivity index (χ1v) is 5.88. The van der Waals surface area contributed by atoms with E-state index >= 15 is 0 Å². The van der Waals surface area contributed by atoms with Gasteiger partial charge in [-0.15, -0.1) is 0 Å². The Labute approximate surface area is 96.6 Å². The molecule has 0 fully saturated rings. The predicted octanol–water partition coefficient (Wildman–Crippen LogP) is 2.98. The third-order valence-corrected chi connectivity index (χ3v) is 2.98. The zero-order chi connectivity index (χ0) is 11.4. The highest BCUT2D eigenvalue weighted by atomic mass is 16.5. The molecule has 2 rings (SSSR count). The van der Waals surface area contributed by atoms with Gasteiger partial charge in [0, 0.05) is 6.42 Å². The fourth-order valence-electron chi connectivity index (χ4n) is 2.19. The Kier molecular flexibility index (Phi) is 3.30. The SMILES string of the molecule is CCCC(O)(C1=CCCO1)c1ccccc1. The molecule has 1 aliphatic rings. The molecule has 0 amide bonds. The summed E-state index contributed by atoms with van der Waals surface area (Å²) in [6, 6.07) is 9.77. The maximum absolute atomic E-state index is 10.8. The van der Waals surface area contributed by atoms with Crippen molar-refractivity contribution >= 4 is 0 Å². The molecule has 16 heavy (non-hydrogen) atoms. The van der Waals surface area contributed by atoms with Crippen molar-refractivity contribution in [1.29, 1.82) is 0 Å². The van der Waals surface area contributed by atoms with Gasteiger partial charge in [-0.2, -0.15) is 0 Å². The van der Waals surface area contributed by atoms with Gasteiger partial charge in [-0.25, -0.2) is 0 Å². The summed E-state index contributed by atoms with van der Waals surface area (Å²) in [6.07, 6.45) is 4.52. The molecule has 1 aliphatic heterocycles. The van der Waals surface area contributed by atoms with Gasteiger partial charge in [-0.05, 0) is 18.1 Å². The molecule has 0 aromatic heterocycles. The minimum atomic E-state index is -0.938. The van der Waals surface area contributed by atoms with Crippen molar-refractivity contribution in [3.05, 3.63) is 47.7 Å². The summed E-state index contributed by atoms with van der Waals surface area (Å²) >= 11 is 0. The quantitative estimate of drug-likeness (QED) is 0.841. The van der Waals surface area contributed by atoms with E-state index in [1.807, 2.05) is 36.4 Å². The number of ether oxygens (including phenoxy) is 1. The van der Waals surface area contributed by atoms with Gasteiger partial charge < -0.3 is 9.84 Å². The Hall–Kier alpha value is -1.28. The first-order chi connectivity index (χ1) is 7.77. The molecule has 0 aliphatic carbocycles. The van der Waals surface area contributed by atoms with E-state index < -0.39 is 5.60 Å². The van der Waals surface area contributed by atoms with Crippen molar-refractivity contribution in [2.75, 3.05) is 6.61 Å². The summed E-state index contributed by atoms with van der Waals surface area (Å²) < 4.78 is 5.54. The first kappa shape index (κ1) is 11.2. The van der Waals surface area contributed by atoms with Crippen LogP contribution in [-0.4, -0.2) is 11.7 Å². The molecule has 1 atom stereocenters. The molecular weight excluding hydrogens is 200 g/mol. The zero-order valence-electron chi connectivity index (χ0n) is 9.65. The fourth-order valence-corrected chi connectivity index (χ4v) is 2.19. The molecule has 1 N–H and O–H groups in total. The molecule has 0 saturated heterocycles. The molecule has 1 heterocycles. The molecular formula is C14H18O2. The van der Waals surface area contributed by atoms with Gasteiger partial charge in [-0.3, -0.25) is 0 Å². The summed E-state index contributed by atoms with van der Waals surface area (Å²) in [6.45, 7) is 2.76. The Morgan fingerprint density at radius 1 is 1.31 bits per heavy atom. The minimum Gasteiger partial charge on any atom is -0.494 e. The molecule has 2 nitrogen and oxygen atoms in total. The average Bonchev–Trinajstić information content (AvgIpc) is 2.84. The number of aliphatic hydroxyl groups is 1. The molecule has 0 radical (unpaired) electrons. The van der Waals surface area contributed by atoms with Crippen LogP contribution in [0.5, 0.6) is 0 Å². The highest BCUT2D eigenvalue weighted by molar-refractivity contribution is 5.31. The van der Waals surface area contributed by atoms with E-state index in [-0.39, 0.29) is 0 Å². The van der Waals surface area contributed by atoms with Gasteiger partial charge in [0.15, 0.2) is 0 Å². The van der Waals surface area contributed by atoms with Gasteiger partial charge in [0.2, 0.25) is 0 Å². The van der Waals surface area contributed by atoms with E-state index in [9.17, 15) is 5.11 Å². The Morgan fingerprint density at radius 2 is 2.06 bits per heavy atom. The van der Waals surface area contributed by atoms with Crippen LogP contribution in [0.3, 0.4) is 0 Å². The van der Waals surface area contributed by atoms with Gasteiger partial charge in [-0.1, -0.05) is 43.7 Å². The van der Waals surface area contributed by atoms with Crippen LogP contribution in [0.15, 0.2) is 42.2 Å². The van der Waals surface area contributed by atoms with E-state index in [0.29, 0.717) is 13.0 Å². The predicted molar refractivity (Wildman–Crippen MR) is 63.9 cm³/mol. The van der Waals surface area contributed by atoms with E-state index in [4.69, 9.17) is 4.74 Å². The molecule has 1 aromatic carbocycles. The van der Waals surface area contributed by atoms with Crippen molar-refractivity contribution < 1.29 is 9.84 Å². The number of hydrogen-bond donors (Lipinski definition) is 1. The van der Waals surface area contributed by atoms with E-state index in [1.54, 1.807) is 0 Å². The topological polar surface area (TPSA) is 29.5 Å². The van der Waals surface area contributed by atoms with Crippen LogP contribution in [0.1, 0.15) is 31.7 Å². The highest BCUT2D eigenvalue weighted by Gasteiger charge is 2.35. The van der Waals surface area contributed by atoms with Crippen LogP contribution in [0, 0.1) is 0 Å². The third-order valence-electron chi connectivity index (χ3n) is 2.98. The maximum Gasteiger partial charge on any atom is 0.146 e. The van der Waals surface area contributed by atoms with Crippen molar-refractivity contribution in [1.82, 2.24) is 0 Å². The van der Waals surface area contributed by atoms with Crippen LogP contribution in [0.2, 0.25) is 0 Å². The van der Waals surface area contributed by atoms with Crippen molar-refractivity contribution in [2.45, 2.75) is 31.8 Å². The number of benzene rings is 1. The summed E-state index contributed by atoms with van der Waals surface area (Å²) in [5, 5.41) is 10.8. The van der Waals surface area contributed by atoms with Crippen LogP contribution < -0.4 is 0 Å². The maximum atomic E-state index is 10.8. The van der Waals surface area contributed by atoms with Crippen LogP contribution >= 0.6 is 0 Å². The molecule has 0 bridgehead atoms. The summed E-state index contributed by atoms with van der Waals surface area (Å²) in [7, 11) is 0. The summed E-state index contributed by atoms with van der Waals surface area (Å²) in [4.78, 5) is 0. The van der Waals surface area contributed by atoms with Crippen molar-refractivity contribution in [3.8, 4) is 0 Å². The van der Waals surface area contributed by atoms with E-state index in [2.05, 4.69) is 6.92 Å². The minimum absolute atomic E-state index is 0.689. The molecule has 1 aromatic rings. The Morgan fingerprint density at radius 3 is 2.62 bits per heavy atom. The van der Waals surface area contributed by atoms with Crippen LogP contribution in [0.4, 0.5) is 0 Å². The Balaban J connectivity index is 2.35. The van der Waals surface area contributed by atoms with Gasteiger partial charge >= 0.3 is 0 Å².